The van der Waals surface area contributed by atoms with Gasteiger partial charge in [-0.15, -0.1) is 24.0 Å². The molecule has 0 amide bonds. The van der Waals surface area contributed by atoms with E-state index in [1.165, 1.54) is 57.2 Å². The lowest BCUT2D eigenvalue weighted by atomic mass is 9.86. The number of likely N-dealkylation sites (tertiary alicyclic amines) is 1. The first-order valence-electron chi connectivity index (χ1n) is 10.3. The number of hydrogen-bond donors (Lipinski definition) is 2. The average Bonchev–Trinajstić information content (AvgIpc) is 3.33. The van der Waals surface area contributed by atoms with Crippen LogP contribution in [-0.4, -0.2) is 49.7 Å². The first-order chi connectivity index (χ1) is 12.8. The minimum atomic E-state index is 0. The zero-order valence-corrected chi connectivity index (χ0v) is 18.7. The van der Waals surface area contributed by atoms with E-state index in [2.05, 4.69) is 44.8 Å². The Labute approximate surface area is 180 Å². The largest absolute Gasteiger partial charge is 0.487 e. The Kier molecular flexibility index (Phi) is 7.25. The van der Waals surface area contributed by atoms with Crippen molar-refractivity contribution in [2.24, 2.45) is 4.99 Å². The highest BCUT2D eigenvalue weighted by Gasteiger charge is 2.43. The summed E-state index contributed by atoms with van der Waals surface area (Å²) >= 11 is 0. The van der Waals surface area contributed by atoms with Gasteiger partial charge in [0.05, 0.1) is 6.04 Å². The van der Waals surface area contributed by atoms with Crippen molar-refractivity contribution >= 4 is 29.9 Å². The summed E-state index contributed by atoms with van der Waals surface area (Å²) in [6.45, 7) is 4.51. The molecule has 1 atom stereocenters. The molecule has 1 saturated heterocycles. The molecule has 2 fully saturated rings. The van der Waals surface area contributed by atoms with Crippen molar-refractivity contribution in [3.05, 3.63) is 29.8 Å². The van der Waals surface area contributed by atoms with Crippen LogP contribution in [0, 0.1) is 0 Å². The van der Waals surface area contributed by atoms with Crippen molar-refractivity contribution in [2.45, 2.75) is 56.6 Å². The van der Waals surface area contributed by atoms with E-state index in [1.807, 2.05) is 7.05 Å². The summed E-state index contributed by atoms with van der Waals surface area (Å²) < 4.78 is 6.47. The second-order valence-electron chi connectivity index (χ2n) is 7.98. The van der Waals surface area contributed by atoms with Gasteiger partial charge in [-0.05, 0) is 57.7 Å². The molecule has 150 valence electrons. The van der Waals surface area contributed by atoms with Crippen molar-refractivity contribution in [3.63, 3.8) is 0 Å². The molecule has 3 aliphatic rings. The van der Waals surface area contributed by atoms with Gasteiger partial charge in [0.2, 0.25) is 0 Å². The van der Waals surface area contributed by atoms with Crippen molar-refractivity contribution < 1.29 is 4.74 Å². The maximum atomic E-state index is 6.47. The second kappa shape index (κ2) is 9.45. The van der Waals surface area contributed by atoms with Gasteiger partial charge in [0.15, 0.2) is 5.96 Å². The SMILES string of the molecule is CN=C(NCCN1CCCC1)NC1CC2(CCCC2)Oc2ccccc21.I. The number of fused-ring (bicyclic) bond motifs is 1. The molecule has 0 bridgehead atoms. The highest BCUT2D eigenvalue weighted by atomic mass is 127. The van der Waals surface area contributed by atoms with Gasteiger partial charge in [0.25, 0.3) is 0 Å². The molecule has 6 heteroatoms. The van der Waals surface area contributed by atoms with E-state index in [0.29, 0.717) is 0 Å². The van der Waals surface area contributed by atoms with E-state index in [9.17, 15) is 0 Å². The third kappa shape index (κ3) is 4.88. The molecular weight excluding hydrogens is 451 g/mol. The lowest BCUT2D eigenvalue weighted by Crippen LogP contribution is -2.47. The summed E-state index contributed by atoms with van der Waals surface area (Å²) in [4.78, 5) is 6.99. The number of aliphatic imine (C=N–C) groups is 1. The first-order valence-corrected chi connectivity index (χ1v) is 10.3. The molecule has 27 heavy (non-hydrogen) atoms. The van der Waals surface area contributed by atoms with E-state index < -0.39 is 0 Å². The summed E-state index contributed by atoms with van der Waals surface area (Å²) in [5.74, 6) is 1.95. The Morgan fingerprint density at radius 2 is 1.93 bits per heavy atom. The molecule has 1 unspecified atom stereocenters. The normalized spacial score (nSPS) is 24.2. The fourth-order valence-electron chi connectivity index (χ4n) is 4.77. The molecule has 1 aliphatic carbocycles. The number of guanidine groups is 1. The molecule has 0 aromatic heterocycles. The zero-order chi connectivity index (χ0) is 17.8. The summed E-state index contributed by atoms with van der Waals surface area (Å²) in [5.41, 5.74) is 1.27. The van der Waals surface area contributed by atoms with Gasteiger partial charge in [-0.2, -0.15) is 0 Å². The monoisotopic (exact) mass is 484 g/mol. The fraction of sp³-hybridized carbons (Fsp3) is 0.667. The van der Waals surface area contributed by atoms with Gasteiger partial charge in [-0.25, -0.2) is 0 Å². The number of ether oxygens (including phenoxy) is 1. The molecule has 1 spiro atoms. The quantitative estimate of drug-likeness (QED) is 0.389. The van der Waals surface area contributed by atoms with Gasteiger partial charge in [-0.1, -0.05) is 18.2 Å². The topological polar surface area (TPSA) is 48.9 Å². The predicted octanol–water partition coefficient (Wildman–Crippen LogP) is 3.70. The number of nitrogens with one attached hydrogen (secondary N) is 2. The summed E-state index contributed by atoms with van der Waals surface area (Å²) in [7, 11) is 1.86. The van der Waals surface area contributed by atoms with Crippen molar-refractivity contribution in [1.82, 2.24) is 15.5 Å². The highest BCUT2D eigenvalue weighted by molar-refractivity contribution is 14.0. The lowest BCUT2D eigenvalue weighted by Gasteiger charge is -2.40. The van der Waals surface area contributed by atoms with E-state index in [1.54, 1.807) is 0 Å². The van der Waals surface area contributed by atoms with E-state index >= 15 is 0 Å². The van der Waals surface area contributed by atoms with Crippen molar-refractivity contribution in [1.29, 1.82) is 0 Å². The fourth-order valence-corrected chi connectivity index (χ4v) is 4.77. The predicted molar refractivity (Wildman–Crippen MR) is 121 cm³/mol. The Bertz CT molecular complexity index is 639. The van der Waals surface area contributed by atoms with E-state index in [-0.39, 0.29) is 35.6 Å². The summed E-state index contributed by atoms with van der Waals surface area (Å²) in [5, 5.41) is 7.19. The maximum Gasteiger partial charge on any atom is 0.191 e. The molecule has 1 aromatic carbocycles. The maximum absolute atomic E-state index is 6.47. The number of nitrogens with zero attached hydrogens (tertiary/aromatic N) is 2. The van der Waals surface area contributed by atoms with Crippen LogP contribution >= 0.6 is 24.0 Å². The molecule has 5 nitrogen and oxygen atoms in total. The number of rotatable bonds is 4. The van der Waals surface area contributed by atoms with Crippen LogP contribution in [0.4, 0.5) is 0 Å². The van der Waals surface area contributed by atoms with Gasteiger partial charge in [0, 0.05) is 32.1 Å². The number of hydrogen-bond acceptors (Lipinski definition) is 3. The Morgan fingerprint density at radius 1 is 1.19 bits per heavy atom. The average molecular weight is 484 g/mol. The summed E-state index contributed by atoms with van der Waals surface area (Å²) in [6.07, 6.45) is 8.59. The van der Waals surface area contributed by atoms with Crippen LogP contribution in [0.15, 0.2) is 29.3 Å². The Hall–Kier alpha value is -1.02. The molecule has 4 rings (SSSR count). The second-order valence-corrected chi connectivity index (χ2v) is 7.98. The van der Waals surface area contributed by atoms with Gasteiger partial charge in [-0.3, -0.25) is 4.99 Å². The van der Waals surface area contributed by atoms with Crippen LogP contribution in [0.3, 0.4) is 0 Å². The lowest BCUT2D eigenvalue weighted by molar-refractivity contribution is 0.0396. The molecule has 0 radical (unpaired) electrons. The van der Waals surface area contributed by atoms with E-state index in [4.69, 9.17) is 4.74 Å². The Balaban J connectivity index is 0.00000210. The third-order valence-electron chi connectivity index (χ3n) is 6.17. The third-order valence-corrected chi connectivity index (χ3v) is 6.17. The van der Waals surface area contributed by atoms with Gasteiger partial charge in [0.1, 0.15) is 11.4 Å². The minimum absolute atomic E-state index is 0. The molecule has 1 saturated carbocycles. The molecule has 2 aliphatic heterocycles. The molecule has 2 N–H and O–H groups in total. The van der Waals surface area contributed by atoms with Crippen molar-refractivity contribution in [3.8, 4) is 5.75 Å². The number of benzene rings is 1. The van der Waals surface area contributed by atoms with Gasteiger partial charge >= 0.3 is 0 Å². The molecular formula is C21H33IN4O. The molecule has 2 heterocycles. The van der Waals surface area contributed by atoms with Crippen LogP contribution in [0.5, 0.6) is 5.75 Å². The number of halogens is 1. The van der Waals surface area contributed by atoms with Gasteiger partial charge < -0.3 is 20.3 Å². The van der Waals surface area contributed by atoms with Crippen LogP contribution in [0.1, 0.15) is 56.6 Å². The summed E-state index contributed by atoms with van der Waals surface area (Å²) in [6, 6.07) is 8.75. The first kappa shape index (κ1) is 20.7. The Morgan fingerprint density at radius 3 is 2.67 bits per heavy atom. The smallest absolute Gasteiger partial charge is 0.191 e. The zero-order valence-electron chi connectivity index (χ0n) is 16.4. The highest BCUT2D eigenvalue weighted by Crippen LogP contribution is 2.46. The van der Waals surface area contributed by atoms with E-state index in [0.717, 1.165) is 31.2 Å². The minimum Gasteiger partial charge on any atom is -0.487 e. The van der Waals surface area contributed by atoms with Crippen LogP contribution < -0.4 is 15.4 Å². The standard InChI is InChI=1S/C21H32N4O.HI/c1-22-20(23-12-15-25-13-6-7-14-25)24-18-16-21(10-4-5-11-21)26-19-9-3-2-8-17(18)19;/h2-3,8-9,18H,4-7,10-16H2,1H3,(H2,22,23,24);1H. The van der Waals surface area contributed by atoms with Crippen LogP contribution in [0.2, 0.25) is 0 Å². The van der Waals surface area contributed by atoms with Crippen LogP contribution in [0.25, 0.3) is 0 Å². The molecule has 1 aromatic rings. The number of para-hydroxylation sites is 1. The van der Waals surface area contributed by atoms with Crippen molar-refractivity contribution in [2.75, 3.05) is 33.2 Å². The van der Waals surface area contributed by atoms with Crippen LogP contribution in [-0.2, 0) is 0 Å².